The molecule has 2 aliphatic heterocycles. The number of halogens is 8. The van der Waals surface area contributed by atoms with E-state index in [9.17, 15) is 40.9 Å². The minimum Gasteiger partial charge on any atom is -0.485 e. The van der Waals surface area contributed by atoms with E-state index < -0.39 is 147 Å². The highest BCUT2D eigenvalue weighted by atomic mass is 19.2. The van der Waals surface area contributed by atoms with Crippen molar-refractivity contribution in [2.75, 3.05) is 52.9 Å². The van der Waals surface area contributed by atoms with Crippen molar-refractivity contribution in [2.45, 2.75) is 24.4 Å². The maximum Gasteiger partial charge on any atom is 0.190 e. The second kappa shape index (κ2) is 24.0. The molecule has 0 saturated carbocycles. The van der Waals surface area contributed by atoms with Crippen LogP contribution in [0.5, 0.6) is 23.0 Å². The van der Waals surface area contributed by atoms with Gasteiger partial charge in [-0.3, -0.25) is 0 Å². The summed E-state index contributed by atoms with van der Waals surface area (Å²) in [5, 5.41) is 76.6. The van der Waals surface area contributed by atoms with Crippen molar-refractivity contribution < 1.29 is 94.9 Å². The second-order valence-electron chi connectivity index (χ2n) is 18.2. The zero-order valence-corrected chi connectivity index (χ0v) is 41.3. The average molecular weight is 1120 g/mol. The van der Waals surface area contributed by atoms with Gasteiger partial charge in [-0.05, 0) is 119 Å². The molecule has 0 saturated heterocycles. The van der Waals surface area contributed by atoms with Gasteiger partial charge in [-0.1, -0.05) is 0 Å². The van der Waals surface area contributed by atoms with Gasteiger partial charge in [-0.15, -0.1) is 0 Å². The highest BCUT2D eigenvalue weighted by Gasteiger charge is 2.26. The van der Waals surface area contributed by atoms with Crippen molar-refractivity contribution >= 4 is 46.4 Å². The van der Waals surface area contributed by atoms with Crippen molar-refractivity contribution in [3.05, 3.63) is 142 Å². The van der Waals surface area contributed by atoms with Gasteiger partial charge in [0.1, 0.15) is 50.8 Å². The molecule has 7 aromatic rings. The highest BCUT2D eigenvalue weighted by Crippen LogP contribution is 2.42. The zero-order valence-electron chi connectivity index (χ0n) is 41.3. The van der Waals surface area contributed by atoms with E-state index in [2.05, 4.69) is 9.97 Å². The van der Waals surface area contributed by atoms with E-state index in [0.29, 0.717) is 0 Å². The molecule has 8 bridgehead atoms. The van der Waals surface area contributed by atoms with Crippen LogP contribution in [0.4, 0.5) is 35.1 Å². The lowest BCUT2D eigenvalue weighted by atomic mass is 10.0. The average Bonchev–Trinajstić information content (AvgIpc) is 4.36. The summed E-state index contributed by atoms with van der Waals surface area (Å²) >= 11 is 0. The van der Waals surface area contributed by atoms with Gasteiger partial charge in [-0.25, -0.2) is 45.1 Å². The fourth-order valence-corrected chi connectivity index (χ4v) is 8.72. The predicted molar refractivity (Wildman–Crippen MR) is 275 cm³/mol. The standard InChI is InChI=1S/C56H46F8N4O12/c57-33-9-25(10-34(58)53(33)77-21-29(73)17-69)49-41-1-2-42(65-41)50(26-11-35(59)54(36(60)12-26)78-22-30(74)18-70)44-5-6-46(67-44)52(28-15-39(63)56(40(64)16-28)80-24-32(76)20-72)48-8-7-47(68-48)51(45-4-3-43(49)66-45)27-13-37(61)55(38(62)14-27)79-23-31(75)19-71/h1-16,29-32,65-66,69-76H,17-24H2. The predicted octanol–water partition coefficient (Wildman–Crippen LogP) is 7.36. The van der Waals surface area contributed by atoms with E-state index in [1.54, 1.807) is 0 Å². The Morgan fingerprint density at radius 1 is 0.338 bits per heavy atom. The summed E-state index contributed by atoms with van der Waals surface area (Å²) in [5.41, 5.74) is -1.16. The Labute approximate surface area is 447 Å². The normalized spacial score (nSPS) is 13.6. The van der Waals surface area contributed by atoms with Crippen molar-refractivity contribution in [3.8, 4) is 67.5 Å². The Balaban J connectivity index is 1.39. The Hall–Kier alpha value is -8.20. The zero-order chi connectivity index (χ0) is 57.1. The summed E-state index contributed by atoms with van der Waals surface area (Å²) in [5.74, 6) is -13.9. The molecule has 4 atom stereocenters. The number of H-pyrrole nitrogens is 2. The lowest BCUT2D eigenvalue weighted by Crippen LogP contribution is -2.22. The maximum absolute atomic E-state index is 16.1. The quantitative estimate of drug-likeness (QED) is 0.0335. The third kappa shape index (κ3) is 11.7. The molecule has 4 unspecified atom stereocenters. The van der Waals surface area contributed by atoms with Crippen LogP contribution in [-0.2, 0) is 0 Å². The molecule has 80 heavy (non-hydrogen) atoms. The number of hydrogen-bond acceptors (Lipinski definition) is 14. The largest absolute Gasteiger partial charge is 0.485 e. The molecule has 24 heteroatoms. The van der Waals surface area contributed by atoms with E-state index in [-0.39, 0.29) is 89.4 Å². The SMILES string of the molecule is OCC(O)COc1c(F)cc(-c2c3nc(c(-c4cc(F)c(OCC(O)CO)c(F)c4)c4ccc([nH]4)c(-c4cc(F)c(OCC(O)CO)c(F)c4)c4ccc([nH]4)c(-c4cc(F)c(OCC(O)CO)c(F)c4)c4nc2C=C4)C=C3)cc1F. The summed E-state index contributed by atoms with van der Waals surface area (Å²) in [6.45, 7) is -5.96. The van der Waals surface area contributed by atoms with Crippen LogP contribution in [-0.4, -0.2) is 138 Å². The number of nitrogens with zero attached hydrogens (tertiary/aromatic N) is 2. The highest BCUT2D eigenvalue weighted by molar-refractivity contribution is 6.00. The lowest BCUT2D eigenvalue weighted by Gasteiger charge is -2.14. The van der Waals surface area contributed by atoms with E-state index >= 15 is 35.1 Å². The van der Waals surface area contributed by atoms with Crippen LogP contribution in [0, 0.1) is 46.5 Å². The molecule has 3 aromatic heterocycles. The molecule has 0 fully saturated rings. The van der Waals surface area contributed by atoms with Crippen LogP contribution in [0.25, 0.3) is 90.9 Å². The first kappa shape index (κ1) is 56.5. The van der Waals surface area contributed by atoms with Crippen LogP contribution in [0.1, 0.15) is 22.8 Å². The molecule has 4 aromatic carbocycles. The minimum absolute atomic E-state index is 0.00887. The fraction of sp³-hybridized carbons (Fsp3) is 0.214. The molecule has 0 aliphatic carbocycles. The van der Waals surface area contributed by atoms with Gasteiger partial charge in [0.25, 0.3) is 0 Å². The topological polar surface area (TPSA) is 256 Å². The summed E-state index contributed by atoms with van der Waals surface area (Å²) < 4.78 is 149. The fourth-order valence-electron chi connectivity index (χ4n) is 8.72. The van der Waals surface area contributed by atoms with Crippen LogP contribution in [0.2, 0.25) is 0 Å². The molecule has 10 N–H and O–H groups in total. The number of nitrogens with one attached hydrogen (secondary N) is 2. The molecular formula is C56H46F8N4O12. The van der Waals surface area contributed by atoms with Gasteiger partial charge < -0.3 is 69.8 Å². The molecule has 2 aliphatic rings. The Bertz CT molecular complexity index is 3480. The third-order valence-electron chi connectivity index (χ3n) is 12.4. The molecule has 5 heterocycles. The van der Waals surface area contributed by atoms with Gasteiger partial charge in [0, 0.05) is 44.3 Å². The maximum atomic E-state index is 16.1. The first-order valence-corrected chi connectivity index (χ1v) is 24.2. The van der Waals surface area contributed by atoms with Crippen LogP contribution in [0.15, 0.2) is 72.8 Å². The number of fused-ring (bicyclic) bond motifs is 8. The molecule has 418 valence electrons. The van der Waals surface area contributed by atoms with E-state index in [4.69, 9.17) is 28.9 Å². The number of hydrogen-bond donors (Lipinski definition) is 10. The molecular weight excluding hydrogens is 1070 g/mol. The first-order valence-electron chi connectivity index (χ1n) is 24.2. The Morgan fingerprint density at radius 2 is 0.550 bits per heavy atom. The summed E-state index contributed by atoms with van der Waals surface area (Å²) in [6, 6.07) is 12.7. The van der Waals surface area contributed by atoms with E-state index in [1.165, 1.54) is 48.6 Å². The summed E-state index contributed by atoms with van der Waals surface area (Å²) in [4.78, 5) is 15.9. The summed E-state index contributed by atoms with van der Waals surface area (Å²) in [7, 11) is 0. The first-order chi connectivity index (χ1) is 38.4. The van der Waals surface area contributed by atoms with Crippen molar-refractivity contribution in [1.82, 2.24) is 19.9 Å². The third-order valence-corrected chi connectivity index (χ3v) is 12.4. The number of benzene rings is 4. The van der Waals surface area contributed by atoms with Gasteiger partial charge in [0.05, 0.1) is 49.2 Å². The molecule has 0 amide bonds. The van der Waals surface area contributed by atoms with E-state index in [1.807, 2.05) is 0 Å². The molecule has 9 rings (SSSR count). The number of rotatable bonds is 20. The van der Waals surface area contributed by atoms with Crippen molar-refractivity contribution in [3.63, 3.8) is 0 Å². The van der Waals surface area contributed by atoms with Crippen molar-refractivity contribution in [2.24, 2.45) is 0 Å². The second-order valence-corrected chi connectivity index (χ2v) is 18.2. The Kier molecular flexibility index (Phi) is 17.0. The van der Waals surface area contributed by atoms with E-state index in [0.717, 1.165) is 48.5 Å². The molecule has 0 radical (unpaired) electrons. The monoisotopic (exact) mass is 1120 g/mol. The molecule has 0 spiro atoms. The van der Waals surface area contributed by atoms with Crippen LogP contribution < -0.4 is 18.9 Å². The Morgan fingerprint density at radius 3 is 0.800 bits per heavy atom. The van der Waals surface area contributed by atoms with Crippen molar-refractivity contribution in [1.29, 1.82) is 0 Å². The van der Waals surface area contributed by atoms with Gasteiger partial charge >= 0.3 is 0 Å². The molecule has 16 nitrogen and oxygen atoms in total. The van der Waals surface area contributed by atoms with Gasteiger partial charge in [0.2, 0.25) is 0 Å². The number of aliphatic hydroxyl groups is 8. The van der Waals surface area contributed by atoms with Gasteiger partial charge in [-0.2, -0.15) is 0 Å². The van der Waals surface area contributed by atoms with Gasteiger partial charge in [0.15, 0.2) is 69.5 Å². The lowest BCUT2D eigenvalue weighted by molar-refractivity contribution is 0.0509. The number of aliphatic hydroxyl groups excluding tert-OH is 8. The number of aromatic amines is 2. The van der Waals surface area contributed by atoms with Crippen LogP contribution in [0.3, 0.4) is 0 Å². The minimum atomic E-state index is -1.51. The summed E-state index contributed by atoms with van der Waals surface area (Å²) in [6.07, 6.45) is -0.484. The number of ether oxygens (including phenoxy) is 4. The number of aromatic nitrogens is 4. The smallest absolute Gasteiger partial charge is 0.190 e. The van der Waals surface area contributed by atoms with Crippen LogP contribution >= 0.6 is 0 Å².